The van der Waals surface area contributed by atoms with Gasteiger partial charge in [-0.1, -0.05) is 6.92 Å². The highest BCUT2D eigenvalue weighted by molar-refractivity contribution is 9.10. The summed E-state index contributed by atoms with van der Waals surface area (Å²) in [4.78, 5) is 4.49. The number of halogens is 1. The molecule has 20 heavy (non-hydrogen) atoms. The van der Waals surface area contributed by atoms with Crippen LogP contribution in [0, 0.1) is 0 Å². The Bertz CT molecular complexity index is 565. The summed E-state index contributed by atoms with van der Waals surface area (Å²) in [5, 5.41) is 7.96. The van der Waals surface area contributed by atoms with Gasteiger partial charge in [0.05, 0.1) is 17.4 Å². The molecule has 5 heteroatoms. The zero-order chi connectivity index (χ0) is 14.5. The molecule has 0 fully saturated rings. The number of pyridine rings is 1. The summed E-state index contributed by atoms with van der Waals surface area (Å²) in [6.45, 7) is 5.16. The van der Waals surface area contributed by atoms with Gasteiger partial charge in [0.2, 0.25) is 0 Å². The first-order valence-corrected chi connectivity index (χ1v) is 7.82. The van der Waals surface area contributed by atoms with Crippen LogP contribution in [0.5, 0.6) is 0 Å². The van der Waals surface area contributed by atoms with E-state index in [1.54, 1.807) is 0 Å². The van der Waals surface area contributed by atoms with Crippen molar-refractivity contribution >= 4 is 15.9 Å². The summed E-state index contributed by atoms with van der Waals surface area (Å²) >= 11 is 3.58. The van der Waals surface area contributed by atoms with E-state index in [-0.39, 0.29) is 6.04 Å². The lowest BCUT2D eigenvalue weighted by molar-refractivity contribution is 0.529. The summed E-state index contributed by atoms with van der Waals surface area (Å²) < 4.78 is 3.12. The molecule has 1 unspecified atom stereocenters. The van der Waals surface area contributed by atoms with Gasteiger partial charge in [0.1, 0.15) is 0 Å². The standard InChI is InChI=1S/C15H21BrN4/c1-4-11-9-12(20(5-2)19-11)10-14(17-3)15-13(16)7-6-8-18-15/h6-9,14,17H,4-5,10H2,1-3H3. The summed E-state index contributed by atoms with van der Waals surface area (Å²) in [6.07, 6.45) is 3.68. The SMILES string of the molecule is CCc1cc(CC(NC)c2ncccc2Br)n(CC)n1. The molecule has 0 saturated carbocycles. The summed E-state index contributed by atoms with van der Waals surface area (Å²) in [7, 11) is 1.97. The minimum Gasteiger partial charge on any atom is -0.311 e. The van der Waals surface area contributed by atoms with Crippen LogP contribution in [0.2, 0.25) is 0 Å². The highest BCUT2D eigenvalue weighted by Gasteiger charge is 2.17. The first-order chi connectivity index (χ1) is 9.69. The molecule has 0 bridgehead atoms. The van der Waals surface area contributed by atoms with Crippen LogP contribution in [-0.2, 0) is 19.4 Å². The highest BCUT2D eigenvalue weighted by atomic mass is 79.9. The van der Waals surface area contributed by atoms with E-state index in [1.807, 2.05) is 25.4 Å². The first kappa shape index (κ1) is 15.2. The second-order valence-electron chi connectivity index (χ2n) is 4.71. The molecule has 0 aliphatic heterocycles. The van der Waals surface area contributed by atoms with Crippen molar-refractivity contribution in [3.63, 3.8) is 0 Å². The fourth-order valence-electron chi connectivity index (χ4n) is 2.32. The number of hydrogen-bond donors (Lipinski definition) is 1. The lowest BCUT2D eigenvalue weighted by atomic mass is 10.1. The molecule has 0 amide bonds. The molecule has 2 aromatic rings. The van der Waals surface area contributed by atoms with Crippen LogP contribution in [-0.4, -0.2) is 21.8 Å². The Hall–Kier alpha value is -1.20. The Kier molecular flexibility index (Phi) is 5.31. The number of rotatable bonds is 6. The average molecular weight is 337 g/mol. The largest absolute Gasteiger partial charge is 0.311 e. The highest BCUT2D eigenvalue weighted by Crippen LogP contribution is 2.24. The molecular formula is C15H21BrN4. The van der Waals surface area contributed by atoms with Crippen LogP contribution < -0.4 is 5.32 Å². The molecule has 0 saturated heterocycles. The Balaban J connectivity index is 2.26. The fraction of sp³-hybridized carbons (Fsp3) is 0.467. The molecule has 0 spiro atoms. The Labute approximate surface area is 128 Å². The molecule has 0 aliphatic carbocycles. The van der Waals surface area contributed by atoms with E-state index in [1.165, 1.54) is 5.69 Å². The van der Waals surface area contributed by atoms with E-state index in [4.69, 9.17) is 0 Å². The molecule has 1 N–H and O–H groups in total. The van der Waals surface area contributed by atoms with E-state index in [2.05, 4.69) is 55.9 Å². The number of nitrogens with one attached hydrogen (secondary N) is 1. The van der Waals surface area contributed by atoms with E-state index in [0.29, 0.717) is 0 Å². The van der Waals surface area contributed by atoms with Gasteiger partial charge in [-0.15, -0.1) is 0 Å². The van der Waals surface area contributed by atoms with Crippen molar-refractivity contribution in [2.24, 2.45) is 0 Å². The van der Waals surface area contributed by atoms with Crippen LogP contribution in [0.25, 0.3) is 0 Å². The van der Waals surface area contributed by atoms with E-state index >= 15 is 0 Å². The van der Waals surface area contributed by atoms with Crippen molar-refractivity contribution in [3.05, 3.63) is 46.0 Å². The van der Waals surface area contributed by atoms with Crippen LogP contribution in [0.15, 0.2) is 28.9 Å². The van der Waals surface area contributed by atoms with E-state index < -0.39 is 0 Å². The first-order valence-electron chi connectivity index (χ1n) is 7.02. The second kappa shape index (κ2) is 6.99. The number of aryl methyl sites for hydroxylation is 2. The van der Waals surface area contributed by atoms with Gasteiger partial charge in [-0.25, -0.2) is 0 Å². The Morgan fingerprint density at radius 1 is 1.40 bits per heavy atom. The third-order valence-corrected chi connectivity index (χ3v) is 4.12. The lowest BCUT2D eigenvalue weighted by Gasteiger charge is -2.17. The van der Waals surface area contributed by atoms with Crippen LogP contribution in [0.3, 0.4) is 0 Å². The predicted octanol–water partition coefficient (Wildman–Crippen LogP) is 3.13. The van der Waals surface area contributed by atoms with Crippen molar-refractivity contribution < 1.29 is 0 Å². The zero-order valence-corrected chi connectivity index (χ0v) is 13.8. The van der Waals surface area contributed by atoms with Gasteiger partial charge >= 0.3 is 0 Å². The molecule has 108 valence electrons. The maximum Gasteiger partial charge on any atom is 0.0718 e. The van der Waals surface area contributed by atoms with Gasteiger partial charge in [-0.3, -0.25) is 9.67 Å². The molecule has 4 nitrogen and oxygen atoms in total. The van der Waals surface area contributed by atoms with Gasteiger partial charge in [-0.05, 0) is 54.5 Å². The zero-order valence-electron chi connectivity index (χ0n) is 12.2. The monoisotopic (exact) mass is 336 g/mol. The van der Waals surface area contributed by atoms with E-state index in [0.717, 1.165) is 35.2 Å². The molecule has 2 aromatic heterocycles. The predicted molar refractivity (Wildman–Crippen MR) is 84.7 cm³/mol. The smallest absolute Gasteiger partial charge is 0.0718 e. The van der Waals surface area contributed by atoms with Crippen LogP contribution >= 0.6 is 15.9 Å². The third kappa shape index (κ3) is 3.27. The molecule has 2 rings (SSSR count). The maximum atomic E-state index is 4.61. The van der Waals surface area contributed by atoms with Gasteiger partial charge < -0.3 is 5.32 Å². The van der Waals surface area contributed by atoms with Crippen molar-refractivity contribution in [2.75, 3.05) is 7.05 Å². The van der Waals surface area contributed by atoms with Crippen molar-refractivity contribution in [2.45, 2.75) is 39.3 Å². The van der Waals surface area contributed by atoms with Gasteiger partial charge in [0.15, 0.2) is 0 Å². The number of aromatic nitrogens is 3. The molecule has 0 aromatic carbocycles. The fourth-order valence-corrected chi connectivity index (χ4v) is 2.86. The molecule has 1 atom stereocenters. The molecule has 2 heterocycles. The van der Waals surface area contributed by atoms with Gasteiger partial charge in [0, 0.05) is 29.3 Å². The van der Waals surface area contributed by atoms with Crippen molar-refractivity contribution in [1.29, 1.82) is 0 Å². The third-order valence-electron chi connectivity index (χ3n) is 3.45. The Morgan fingerprint density at radius 2 is 2.20 bits per heavy atom. The van der Waals surface area contributed by atoms with Crippen molar-refractivity contribution in [1.82, 2.24) is 20.1 Å². The van der Waals surface area contributed by atoms with E-state index in [9.17, 15) is 0 Å². The average Bonchev–Trinajstić information content (AvgIpc) is 2.88. The second-order valence-corrected chi connectivity index (χ2v) is 5.57. The topological polar surface area (TPSA) is 42.7 Å². The van der Waals surface area contributed by atoms with Crippen LogP contribution in [0.4, 0.5) is 0 Å². The molecule has 0 aliphatic rings. The van der Waals surface area contributed by atoms with Crippen LogP contribution in [0.1, 0.15) is 37.0 Å². The Morgan fingerprint density at radius 3 is 2.80 bits per heavy atom. The number of nitrogens with zero attached hydrogens (tertiary/aromatic N) is 3. The summed E-state index contributed by atoms with van der Waals surface area (Å²) in [6, 6.07) is 6.34. The molecule has 0 radical (unpaired) electrons. The maximum absolute atomic E-state index is 4.61. The number of likely N-dealkylation sites (N-methyl/N-ethyl adjacent to an activating group) is 1. The minimum absolute atomic E-state index is 0.178. The summed E-state index contributed by atoms with van der Waals surface area (Å²) in [5.41, 5.74) is 3.44. The molecular weight excluding hydrogens is 316 g/mol. The van der Waals surface area contributed by atoms with Gasteiger partial charge in [0.25, 0.3) is 0 Å². The van der Waals surface area contributed by atoms with Gasteiger partial charge in [-0.2, -0.15) is 5.10 Å². The summed E-state index contributed by atoms with van der Waals surface area (Å²) in [5.74, 6) is 0. The number of hydrogen-bond acceptors (Lipinski definition) is 3. The minimum atomic E-state index is 0.178. The quantitative estimate of drug-likeness (QED) is 0.881. The normalized spacial score (nSPS) is 12.6. The van der Waals surface area contributed by atoms with Crippen molar-refractivity contribution in [3.8, 4) is 0 Å². The lowest BCUT2D eigenvalue weighted by Crippen LogP contribution is -2.22.